The van der Waals surface area contributed by atoms with Gasteiger partial charge in [0.2, 0.25) is 5.91 Å². The quantitative estimate of drug-likeness (QED) is 0.840. The molecule has 2 rings (SSSR count). The number of carbonyl (C=O) groups excluding carboxylic acids is 1. The molecule has 0 aromatic heterocycles. The van der Waals surface area contributed by atoms with Gasteiger partial charge in [-0.2, -0.15) is 0 Å². The molecule has 5 heteroatoms. The van der Waals surface area contributed by atoms with Crippen molar-refractivity contribution in [3.8, 4) is 0 Å². The molecule has 0 saturated carbocycles. The molecule has 0 bridgehead atoms. The van der Waals surface area contributed by atoms with Crippen LogP contribution >= 0.6 is 12.4 Å². The van der Waals surface area contributed by atoms with E-state index in [1.807, 2.05) is 11.9 Å². The maximum absolute atomic E-state index is 12.4. The lowest BCUT2D eigenvalue weighted by Crippen LogP contribution is -2.47. The molecule has 118 valence electrons. The van der Waals surface area contributed by atoms with Gasteiger partial charge in [-0.3, -0.25) is 9.69 Å². The van der Waals surface area contributed by atoms with Crippen LogP contribution in [0.1, 0.15) is 39.5 Å². The lowest BCUT2D eigenvalue weighted by Gasteiger charge is -2.35. The van der Waals surface area contributed by atoms with Crippen LogP contribution < -0.4 is 5.32 Å². The number of nitrogens with one attached hydrogen (secondary N) is 1. The highest BCUT2D eigenvalue weighted by Crippen LogP contribution is 2.26. The van der Waals surface area contributed by atoms with Gasteiger partial charge in [-0.15, -0.1) is 12.4 Å². The number of likely N-dealkylation sites (tertiary alicyclic amines) is 2. The van der Waals surface area contributed by atoms with Crippen molar-refractivity contribution in [3.05, 3.63) is 0 Å². The zero-order valence-electron chi connectivity index (χ0n) is 13.1. The molecule has 1 atom stereocenters. The molecule has 2 fully saturated rings. The van der Waals surface area contributed by atoms with Gasteiger partial charge in [0.15, 0.2) is 0 Å². The van der Waals surface area contributed by atoms with Crippen LogP contribution in [0, 0.1) is 5.92 Å². The highest BCUT2D eigenvalue weighted by Gasteiger charge is 2.37. The van der Waals surface area contributed by atoms with Crippen molar-refractivity contribution in [2.45, 2.75) is 51.6 Å². The average molecular weight is 304 g/mol. The van der Waals surface area contributed by atoms with Crippen LogP contribution in [0.5, 0.6) is 0 Å². The third-order valence-corrected chi connectivity index (χ3v) is 4.73. The standard InChI is InChI=1S/C15H29N3O.ClH/c1-12(2)18-11-7-14(15(18)19)17-9-5-13(6-10-17)4-8-16-3;/h12-14,16H,4-11H2,1-3H3;1H. The van der Waals surface area contributed by atoms with Gasteiger partial charge in [0.1, 0.15) is 0 Å². The largest absolute Gasteiger partial charge is 0.339 e. The van der Waals surface area contributed by atoms with Crippen LogP contribution in [0.4, 0.5) is 0 Å². The molecule has 0 spiro atoms. The van der Waals surface area contributed by atoms with Gasteiger partial charge < -0.3 is 10.2 Å². The van der Waals surface area contributed by atoms with Crippen molar-refractivity contribution in [2.24, 2.45) is 5.92 Å². The number of amides is 1. The summed E-state index contributed by atoms with van der Waals surface area (Å²) in [6.07, 6.45) is 4.82. The molecule has 2 heterocycles. The number of carbonyl (C=O) groups is 1. The van der Waals surface area contributed by atoms with Crippen LogP contribution in [0.15, 0.2) is 0 Å². The van der Waals surface area contributed by atoms with E-state index in [9.17, 15) is 4.79 Å². The molecule has 0 aromatic rings. The summed E-state index contributed by atoms with van der Waals surface area (Å²) < 4.78 is 0. The first-order valence-electron chi connectivity index (χ1n) is 7.82. The van der Waals surface area contributed by atoms with E-state index in [0.717, 1.165) is 38.5 Å². The Morgan fingerprint density at radius 3 is 2.35 bits per heavy atom. The Kier molecular flexibility index (Phi) is 7.27. The first kappa shape index (κ1) is 17.7. The summed E-state index contributed by atoms with van der Waals surface area (Å²) in [6, 6.07) is 0.526. The van der Waals surface area contributed by atoms with Crippen molar-refractivity contribution in [2.75, 3.05) is 33.2 Å². The molecule has 0 aromatic carbocycles. The Bertz CT molecular complexity index is 303. The molecular weight excluding hydrogens is 274 g/mol. The second-order valence-electron chi connectivity index (χ2n) is 6.30. The minimum Gasteiger partial charge on any atom is -0.339 e. The molecule has 2 saturated heterocycles. The maximum atomic E-state index is 12.4. The van der Waals surface area contributed by atoms with Gasteiger partial charge in [0.25, 0.3) is 0 Å². The predicted molar refractivity (Wildman–Crippen MR) is 85.3 cm³/mol. The summed E-state index contributed by atoms with van der Waals surface area (Å²) in [7, 11) is 2.02. The van der Waals surface area contributed by atoms with Gasteiger partial charge >= 0.3 is 0 Å². The first-order valence-corrected chi connectivity index (χ1v) is 7.82. The Morgan fingerprint density at radius 2 is 1.85 bits per heavy atom. The third-order valence-electron chi connectivity index (χ3n) is 4.73. The van der Waals surface area contributed by atoms with Gasteiger partial charge in [0, 0.05) is 12.6 Å². The summed E-state index contributed by atoms with van der Waals surface area (Å²) in [5.74, 6) is 1.21. The number of piperidine rings is 1. The fourth-order valence-corrected chi connectivity index (χ4v) is 3.44. The first-order chi connectivity index (χ1) is 9.13. The maximum Gasteiger partial charge on any atom is 0.240 e. The number of halogens is 1. The minimum atomic E-state index is 0. The van der Waals surface area contributed by atoms with Gasteiger partial charge in [-0.25, -0.2) is 0 Å². The molecule has 1 amide bonds. The molecule has 20 heavy (non-hydrogen) atoms. The second-order valence-corrected chi connectivity index (χ2v) is 6.30. The van der Waals surface area contributed by atoms with Crippen LogP contribution in [-0.4, -0.2) is 61.0 Å². The number of nitrogens with zero attached hydrogens (tertiary/aromatic N) is 2. The third kappa shape index (κ3) is 4.09. The van der Waals surface area contributed by atoms with Crippen molar-refractivity contribution in [1.82, 2.24) is 15.1 Å². The lowest BCUT2D eigenvalue weighted by molar-refractivity contribution is -0.134. The zero-order chi connectivity index (χ0) is 13.8. The number of hydrogen-bond donors (Lipinski definition) is 1. The fraction of sp³-hybridized carbons (Fsp3) is 0.933. The van der Waals surface area contributed by atoms with Crippen molar-refractivity contribution in [1.29, 1.82) is 0 Å². The van der Waals surface area contributed by atoms with E-state index in [-0.39, 0.29) is 18.4 Å². The smallest absolute Gasteiger partial charge is 0.240 e. The Labute approximate surface area is 129 Å². The summed E-state index contributed by atoms with van der Waals surface area (Å²) in [6.45, 7) is 8.51. The van der Waals surface area contributed by atoms with E-state index in [1.54, 1.807) is 0 Å². The minimum absolute atomic E-state index is 0. The number of hydrogen-bond acceptors (Lipinski definition) is 3. The number of rotatable bonds is 5. The van der Waals surface area contributed by atoms with E-state index >= 15 is 0 Å². The molecule has 0 aliphatic carbocycles. The van der Waals surface area contributed by atoms with E-state index in [0.29, 0.717) is 11.9 Å². The fourth-order valence-electron chi connectivity index (χ4n) is 3.44. The molecule has 1 unspecified atom stereocenters. The van der Waals surface area contributed by atoms with Crippen LogP contribution in [0.2, 0.25) is 0 Å². The normalized spacial score (nSPS) is 25.3. The lowest BCUT2D eigenvalue weighted by atomic mass is 9.92. The van der Waals surface area contributed by atoms with Crippen LogP contribution in [-0.2, 0) is 4.79 Å². The molecule has 0 radical (unpaired) electrons. The van der Waals surface area contributed by atoms with Crippen molar-refractivity contribution < 1.29 is 4.79 Å². The monoisotopic (exact) mass is 303 g/mol. The van der Waals surface area contributed by atoms with Crippen molar-refractivity contribution >= 4 is 18.3 Å². The van der Waals surface area contributed by atoms with Crippen molar-refractivity contribution in [3.63, 3.8) is 0 Å². The summed E-state index contributed by atoms with van der Waals surface area (Å²) in [5.41, 5.74) is 0. The van der Waals surface area contributed by atoms with Gasteiger partial charge in [-0.05, 0) is 72.1 Å². The average Bonchev–Trinajstić information content (AvgIpc) is 2.79. The second kappa shape index (κ2) is 8.20. The Morgan fingerprint density at radius 1 is 1.20 bits per heavy atom. The summed E-state index contributed by atoms with van der Waals surface area (Å²) >= 11 is 0. The highest BCUT2D eigenvalue weighted by molar-refractivity contribution is 5.85. The molecule has 2 aliphatic heterocycles. The molecule has 4 nitrogen and oxygen atoms in total. The molecular formula is C15H30ClN3O. The van der Waals surface area contributed by atoms with Crippen LogP contribution in [0.3, 0.4) is 0 Å². The predicted octanol–water partition coefficient (Wildman–Crippen LogP) is 1.74. The van der Waals surface area contributed by atoms with E-state index in [2.05, 4.69) is 24.1 Å². The van der Waals surface area contributed by atoms with Gasteiger partial charge in [0.05, 0.1) is 6.04 Å². The van der Waals surface area contributed by atoms with Gasteiger partial charge in [-0.1, -0.05) is 0 Å². The zero-order valence-corrected chi connectivity index (χ0v) is 13.9. The van der Waals surface area contributed by atoms with E-state index in [1.165, 1.54) is 19.3 Å². The Balaban J connectivity index is 0.00000200. The Hall–Kier alpha value is -0.320. The van der Waals surface area contributed by atoms with E-state index in [4.69, 9.17) is 0 Å². The topological polar surface area (TPSA) is 35.6 Å². The van der Waals surface area contributed by atoms with Crippen LogP contribution in [0.25, 0.3) is 0 Å². The highest BCUT2D eigenvalue weighted by atomic mass is 35.5. The van der Waals surface area contributed by atoms with E-state index < -0.39 is 0 Å². The SMILES string of the molecule is CNCCC1CCN(C2CCN(C(C)C)C2=O)CC1.Cl. The summed E-state index contributed by atoms with van der Waals surface area (Å²) in [4.78, 5) is 16.8. The molecule has 1 N–H and O–H groups in total. The summed E-state index contributed by atoms with van der Waals surface area (Å²) in [5, 5.41) is 3.23. The molecule has 2 aliphatic rings.